The SMILES string of the molecule is CN1CCN(C(=O)c2coc(-c3ccc(C[C@@H](C#N)NC(=O)[C@@H]4[C@H]5CC[C@H](C5)N4C(=O)OC(C)(C)C)c(F)c3)c2)CC1. The van der Waals surface area contributed by atoms with Gasteiger partial charge in [-0.1, -0.05) is 12.1 Å². The van der Waals surface area contributed by atoms with Gasteiger partial charge in [-0.3, -0.25) is 14.5 Å². The minimum atomic E-state index is -0.992. The predicted octanol–water partition coefficient (Wildman–Crippen LogP) is 3.81. The third kappa shape index (κ3) is 6.28. The summed E-state index contributed by atoms with van der Waals surface area (Å²) in [5.74, 6) is -0.741. The van der Waals surface area contributed by atoms with E-state index in [1.165, 1.54) is 17.2 Å². The fourth-order valence-electron chi connectivity index (χ4n) is 6.17. The molecule has 3 heterocycles. The van der Waals surface area contributed by atoms with Crippen LogP contribution in [0.4, 0.5) is 9.18 Å². The van der Waals surface area contributed by atoms with Gasteiger partial charge in [-0.25, -0.2) is 9.18 Å². The molecule has 1 saturated carbocycles. The fraction of sp³-hybridized carbons (Fsp3) is 0.548. The van der Waals surface area contributed by atoms with Gasteiger partial charge in [0.25, 0.3) is 5.91 Å². The number of halogens is 1. The van der Waals surface area contributed by atoms with Crippen molar-refractivity contribution < 1.29 is 27.9 Å². The van der Waals surface area contributed by atoms with Crippen LogP contribution >= 0.6 is 0 Å². The van der Waals surface area contributed by atoms with Crippen LogP contribution < -0.4 is 5.32 Å². The van der Waals surface area contributed by atoms with Gasteiger partial charge in [0.1, 0.15) is 35.5 Å². The zero-order valence-electron chi connectivity index (χ0n) is 24.6. The van der Waals surface area contributed by atoms with Gasteiger partial charge in [-0.05, 0) is 70.7 Å². The lowest BCUT2D eigenvalue weighted by Gasteiger charge is -2.35. The number of fused-ring (bicyclic) bond motifs is 2. The summed E-state index contributed by atoms with van der Waals surface area (Å²) in [7, 11) is 2.02. The Labute approximate surface area is 245 Å². The van der Waals surface area contributed by atoms with Crippen molar-refractivity contribution >= 4 is 17.9 Å². The number of hydrogen-bond acceptors (Lipinski definition) is 7. The molecule has 4 atom stereocenters. The van der Waals surface area contributed by atoms with E-state index < -0.39 is 35.5 Å². The predicted molar refractivity (Wildman–Crippen MR) is 152 cm³/mol. The molecule has 3 aliphatic rings. The summed E-state index contributed by atoms with van der Waals surface area (Å²) in [6.45, 7) is 8.21. The summed E-state index contributed by atoms with van der Waals surface area (Å²) in [6.07, 6.45) is 3.17. The van der Waals surface area contributed by atoms with Gasteiger partial charge in [-0.15, -0.1) is 0 Å². The topological polar surface area (TPSA) is 119 Å². The lowest BCUT2D eigenvalue weighted by atomic mass is 9.97. The van der Waals surface area contributed by atoms with Crippen molar-refractivity contribution in [2.75, 3.05) is 33.2 Å². The highest BCUT2D eigenvalue weighted by Gasteiger charge is 2.52. The Morgan fingerprint density at radius 2 is 1.90 bits per heavy atom. The summed E-state index contributed by atoms with van der Waals surface area (Å²) in [6, 6.07) is 6.41. The lowest BCUT2D eigenvalue weighted by molar-refractivity contribution is -0.128. The first-order valence-corrected chi connectivity index (χ1v) is 14.5. The number of piperazine rings is 1. The third-order valence-electron chi connectivity index (χ3n) is 8.33. The van der Waals surface area contributed by atoms with Crippen LogP contribution in [0.3, 0.4) is 0 Å². The van der Waals surface area contributed by atoms with Crippen molar-refractivity contribution in [3.63, 3.8) is 0 Å². The first kappa shape index (κ1) is 29.6. The van der Waals surface area contributed by atoms with Crippen LogP contribution in [0.1, 0.15) is 56.0 Å². The molecule has 1 aromatic heterocycles. The largest absolute Gasteiger partial charge is 0.464 e. The molecule has 2 saturated heterocycles. The van der Waals surface area contributed by atoms with Crippen LogP contribution in [0.25, 0.3) is 11.3 Å². The highest BCUT2D eigenvalue weighted by molar-refractivity contribution is 5.95. The van der Waals surface area contributed by atoms with Crippen LogP contribution in [0.15, 0.2) is 34.9 Å². The molecule has 224 valence electrons. The number of rotatable bonds is 6. The van der Waals surface area contributed by atoms with Gasteiger partial charge in [0.2, 0.25) is 5.91 Å². The molecule has 1 N–H and O–H groups in total. The lowest BCUT2D eigenvalue weighted by Crippen LogP contribution is -2.55. The van der Waals surface area contributed by atoms with E-state index in [1.54, 1.807) is 43.9 Å². The number of ether oxygens (including phenoxy) is 1. The van der Waals surface area contributed by atoms with Gasteiger partial charge >= 0.3 is 6.09 Å². The van der Waals surface area contributed by atoms with Gasteiger partial charge in [0, 0.05) is 44.2 Å². The van der Waals surface area contributed by atoms with E-state index in [4.69, 9.17) is 9.15 Å². The molecule has 2 bridgehead atoms. The van der Waals surface area contributed by atoms with Gasteiger partial charge in [-0.2, -0.15) is 5.26 Å². The Morgan fingerprint density at radius 1 is 1.17 bits per heavy atom. The summed E-state index contributed by atoms with van der Waals surface area (Å²) >= 11 is 0. The Kier molecular flexibility index (Phi) is 8.28. The summed E-state index contributed by atoms with van der Waals surface area (Å²) < 4.78 is 26.4. The van der Waals surface area contributed by atoms with Crippen LogP contribution in [-0.4, -0.2) is 89.6 Å². The number of hydrogen-bond donors (Lipinski definition) is 1. The van der Waals surface area contributed by atoms with E-state index in [-0.39, 0.29) is 29.9 Å². The van der Waals surface area contributed by atoms with E-state index in [9.17, 15) is 19.6 Å². The average molecular weight is 580 g/mol. The summed E-state index contributed by atoms with van der Waals surface area (Å²) in [4.78, 5) is 44.6. The second-order valence-corrected chi connectivity index (χ2v) is 12.6. The maximum atomic E-state index is 15.2. The molecule has 2 aliphatic heterocycles. The number of furan rings is 1. The zero-order valence-corrected chi connectivity index (χ0v) is 24.6. The van der Waals surface area contributed by atoms with Crippen molar-refractivity contribution in [3.8, 4) is 17.4 Å². The van der Waals surface area contributed by atoms with E-state index in [2.05, 4.69) is 16.3 Å². The molecule has 5 rings (SSSR count). The molecule has 3 amide bonds. The molecule has 0 spiro atoms. The Hall–Kier alpha value is -3.91. The van der Waals surface area contributed by atoms with E-state index in [0.29, 0.717) is 30.0 Å². The fourth-order valence-corrected chi connectivity index (χ4v) is 6.17. The number of nitrogens with zero attached hydrogens (tertiary/aromatic N) is 4. The van der Waals surface area contributed by atoms with Gasteiger partial charge in [0.05, 0.1) is 11.6 Å². The number of nitrogens with one attached hydrogen (secondary N) is 1. The van der Waals surface area contributed by atoms with Gasteiger partial charge < -0.3 is 24.3 Å². The number of likely N-dealkylation sites (tertiary alicyclic amines) is 1. The second kappa shape index (κ2) is 11.8. The molecule has 0 radical (unpaired) electrons. The van der Waals surface area contributed by atoms with Crippen molar-refractivity contribution in [3.05, 3.63) is 47.5 Å². The Bertz CT molecular complexity index is 1390. The summed E-state index contributed by atoms with van der Waals surface area (Å²) in [5.41, 5.74) is 0.423. The number of benzene rings is 1. The van der Waals surface area contributed by atoms with E-state index >= 15 is 4.39 Å². The number of piperidine rings is 1. The Balaban J connectivity index is 1.23. The molecule has 1 aromatic carbocycles. The van der Waals surface area contributed by atoms with Crippen molar-refractivity contribution in [2.45, 2.75) is 70.2 Å². The number of nitriles is 1. The monoisotopic (exact) mass is 579 g/mol. The maximum absolute atomic E-state index is 15.2. The summed E-state index contributed by atoms with van der Waals surface area (Å²) in [5, 5.41) is 12.5. The molecule has 0 unspecified atom stereocenters. The highest BCUT2D eigenvalue weighted by atomic mass is 19.1. The quantitative estimate of drug-likeness (QED) is 0.553. The standard InChI is InChI=1S/C31H38FN5O5/c1-31(2,3)42-30(40)37-24-8-7-21(14-24)27(37)28(38)34-23(17-33)13-19-5-6-20(15-25(19)32)26-16-22(18-41-26)29(39)36-11-9-35(4)10-12-36/h5-6,15-16,18,21,23-24,27H,7-14H2,1-4H3,(H,34,38)/t21-,23-,24+,27-/m0/s1. The zero-order chi connectivity index (χ0) is 30.2. The molecule has 11 heteroatoms. The highest BCUT2D eigenvalue weighted by Crippen LogP contribution is 2.43. The van der Waals surface area contributed by atoms with Gasteiger partial charge in [0.15, 0.2) is 0 Å². The second-order valence-electron chi connectivity index (χ2n) is 12.6. The number of likely N-dealkylation sites (N-methyl/N-ethyl adjacent to an activating group) is 1. The van der Waals surface area contributed by atoms with Crippen LogP contribution in [0, 0.1) is 23.1 Å². The molecule has 1 aliphatic carbocycles. The molecular weight excluding hydrogens is 541 g/mol. The minimum absolute atomic E-state index is 0.000739. The number of carbonyl (C=O) groups excluding carboxylic acids is 3. The van der Waals surface area contributed by atoms with E-state index in [0.717, 1.165) is 32.4 Å². The maximum Gasteiger partial charge on any atom is 0.411 e. The molecule has 10 nitrogen and oxygen atoms in total. The first-order chi connectivity index (χ1) is 19.9. The normalized spacial score (nSPS) is 23.0. The van der Waals surface area contributed by atoms with E-state index in [1.807, 2.05) is 7.05 Å². The Morgan fingerprint density at radius 3 is 2.57 bits per heavy atom. The molecule has 3 fully saturated rings. The number of amides is 3. The number of carbonyl (C=O) groups is 3. The molecule has 2 aromatic rings. The van der Waals surface area contributed by atoms with Crippen molar-refractivity contribution in [1.82, 2.24) is 20.0 Å². The third-order valence-corrected chi connectivity index (χ3v) is 8.33. The van der Waals surface area contributed by atoms with Crippen LogP contribution in [0.5, 0.6) is 0 Å². The van der Waals surface area contributed by atoms with Crippen LogP contribution in [0.2, 0.25) is 0 Å². The first-order valence-electron chi connectivity index (χ1n) is 14.5. The van der Waals surface area contributed by atoms with Crippen molar-refractivity contribution in [1.29, 1.82) is 5.26 Å². The molecule has 42 heavy (non-hydrogen) atoms. The molecular formula is C31H38FN5O5. The minimum Gasteiger partial charge on any atom is -0.464 e. The average Bonchev–Trinajstić information content (AvgIpc) is 3.69. The smallest absolute Gasteiger partial charge is 0.411 e. The van der Waals surface area contributed by atoms with Crippen LogP contribution in [-0.2, 0) is 16.0 Å². The van der Waals surface area contributed by atoms with Crippen molar-refractivity contribution in [2.24, 2.45) is 5.92 Å².